The number of ether oxygens (including phenoxy) is 2. The average molecular weight is 188 g/mol. The Bertz CT molecular complexity index is 183. The zero-order chi connectivity index (χ0) is 10.7. The van der Waals surface area contributed by atoms with E-state index in [2.05, 4.69) is 0 Å². The molecular weight excluding hydrogens is 168 g/mol. The number of carbonyl (C=O) groups is 1. The molecule has 0 saturated heterocycles. The van der Waals surface area contributed by atoms with Crippen LogP contribution in [0.15, 0.2) is 0 Å². The largest absolute Gasteiger partial charge is 0.354 e. The van der Waals surface area contributed by atoms with Crippen LogP contribution in [-0.4, -0.2) is 24.3 Å². The maximum atomic E-state index is 10.9. The molecule has 0 radical (unpaired) electrons. The Labute approximate surface area is 80.4 Å². The Morgan fingerprint density at radius 2 is 1.69 bits per heavy atom. The molecular formula is C10H20O3. The van der Waals surface area contributed by atoms with E-state index in [0.717, 1.165) is 0 Å². The zero-order valence-corrected chi connectivity index (χ0v) is 9.43. The Balaban J connectivity index is 4.24. The van der Waals surface area contributed by atoms with E-state index in [-0.39, 0.29) is 5.78 Å². The second-order valence-corrected chi connectivity index (χ2v) is 4.34. The molecule has 3 nitrogen and oxygen atoms in total. The fourth-order valence-corrected chi connectivity index (χ4v) is 1.34. The van der Waals surface area contributed by atoms with Crippen LogP contribution in [0, 0.1) is 0 Å². The molecule has 0 amide bonds. The summed E-state index contributed by atoms with van der Waals surface area (Å²) in [6.45, 7) is 8.99. The van der Waals surface area contributed by atoms with Crippen LogP contribution in [0.2, 0.25) is 0 Å². The molecule has 0 heterocycles. The molecule has 0 aromatic heterocycles. The van der Waals surface area contributed by atoms with Crippen molar-refractivity contribution in [2.45, 2.75) is 52.4 Å². The monoisotopic (exact) mass is 188 g/mol. The van der Waals surface area contributed by atoms with Crippen molar-refractivity contribution in [1.29, 1.82) is 0 Å². The summed E-state index contributed by atoms with van der Waals surface area (Å²) in [6.07, 6.45) is 0.403. The second-order valence-electron chi connectivity index (χ2n) is 4.34. The van der Waals surface area contributed by atoms with Crippen LogP contribution in [0.3, 0.4) is 0 Å². The van der Waals surface area contributed by atoms with E-state index in [0.29, 0.717) is 6.42 Å². The van der Waals surface area contributed by atoms with Gasteiger partial charge >= 0.3 is 0 Å². The first-order valence-electron chi connectivity index (χ1n) is 4.43. The van der Waals surface area contributed by atoms with Crippen molar-refractivity contribution in [2.75, 3.05) is 7.11 Å². The van der Waals surface area contributed by atoms with Crippen LogP contribution in [0.5, 0.6) is 0 Å². The molecule has 0 aliphatic rings. The number of hydrogen-bond donors (Lipinski definition) is 0. The van der Waals surface area contributed by atoms with E-state index >= 15 is 0 Å². The van der Waals surface area contributed by atoms with Gasteiger partial charge in [-0.25, -0.2) is 0 Å². The third-order valence-electron chi connectivity index (χ3n) is 1.69. The molecule has 78 valence electrons. The molecule has 13 heavy (non-hydrogen) atoms. The lowest BCUT2D eigenvalue weighted by molar-refractivity contribution is -0.250. The van der Waals surface area contributed by atoms with Crippen LogP contribution >= 0.6 is 0 Å². The SMILES string of the molecule is COC(C)(C)OC(C)(C)CC(C)=O. The second kappa shape index (κ2) is 4.20. The average Bonchev–Trinajstić information content (AvgIpc) is 1.81. The van der Waals surface area contributed by atoms with Crippen molar-refractivity contribution in [1.82, 2.24) is 0 Å². The standard InChI is InChI=1S/C10H20O3/c1-8(11)7-9(2,3)13-10(4,5)12-6/h7H2,1-6H3. The molecule has 0 N–H and O–H groups in total. The van der Waals surface area contributed by atoms with Crippen molar-refractivity contribution in [2.24, 2.45) is 0 Å². The van der Waals surface area contributed by atoms with E-state index in [1.165, 1.54) is 0 Å². The smallest absolute Gasteiger partial charge is 0.163 e. The van der Waals surface area contributed by atoms with E-state index in [1.807, 2.05) is 27.7 Å². The van der Waals surface area contributed by atoms with Gasteiger partial charge in [-0.3, -0.25) is 4.79 Å². The molecule has 0 saturated carbocycles. The van der Waals surface area contributed by atoms with Gasteiger partial charge in [-0.15, -0.1) is 0 Å². The fraction of sp³-hybridized carbons (Fsp3) is 0.900. The van der Waals surface area contributed by atoms with Crippen molar-refractivity contribution >= 4 is 5.78 Å². The number of carbonyl (C=O) groups excluding carboxylic acids is 1. The topological polar surface area (TPSA) is 35.5 Å². The minimum absolute atomic E-state index is 0.122. The van der Waals surface area contributed by atoms with Crippen LogP contribution in [-0.2, 0) is 14.3 Å². The van der Waals surface area contributed by atoms with Crippen LogP contribution in [0.1, 0.15) is 41.0 Å². The Morgan fingerprint density at radius 1 is 1.23 bits per heavy atom. The van der Waals surface area contributed by atoms with Crippen LogP contribution in [0.4, 0.5) is 0 Å². The summed E-state index contributed by atoms with van der Waals surface area (Å²) in [7, 11) is 1.59. The number of rotatable bonds is 5. The highest BCUT2D eigenvalue weighted by Gasteiger charge is 2.29. The normalized spacial score (nSPS) is 13.1. The predicted octanol–water partition coefficient (Wildman–Crippen LogP) is 2.14. The summed E-state index contributed by atoms with van der Waals surface area (Å²) in [5, 5.41) is 0. The van der Waals surface area contributed by atoms with Gasteiger partial charge in [0.05, 0.1) is 5.60 Å². The number of hydrogen-bond acceptors (Lipinski definition) is 3. The van der Waals surface area contributed by atoms with Gasteiger partial charge in [0, 0.05) is 13.5 Å². The molecule has 0 aliphatic carbocycles. The van der Waals surface area contributed by atoms with E-state index < -0.39 is 11.4 Å². The molecule has 0 bridgehead atoms. The first kappa shape index (κ1) is 12.6. The Morgan fingerprint density at radius 3 is 2.00 bits per heavy atom. The summed E-state index contributed by atoms with van der Waals surface area (Å²) in [5.74, 6) is -0.518. The predicted molar refractivity (Wildman–Crippen MR) is 51.6 cm³/mol. The molecule has 0 aromatic carbocycles. The third-order valence-corrected chi connectivity index (χ3v) is 1.69. The van der Waals surface area contributed by atoms with Gasteiger partial charge in [-0.2, -0.15) is 0 Å². The summed E-state index contributed by atoms with van der Waals surface area (Å²) in [4.78, 5) is 10.9. The van der Waals surface area contributed by atoms with E-state index in [9.17, 15) is 4.79 Å². The maximum Gasteiger partial charge on any atom is 0.163 e. The van der Waals surface area contributed by atoms with Crippen molar-refractivity contribution in [3.8, 4) is 0 Å². The summed E-state index contributed by atoms with van der Waals surface area (Å²) in [5.41, 5.74) is -0.467. The minimum Gasteiger partial charge on any atom is -0.354 e. The molecule has 0 aliphatic heterocycles. The van der Waals surface area contributed by atoms with E-state index in [1.54, 1.807) is 14.0 Å². The van der Waals surface area contributed by atoms with Gasteiger partial charge in [-0.05, 0) is 34.6 Å². The first-order chi connectivity index (χ1) is 5.68. The quantitative estimate of drug-likeness (QED) is 0.620. The van der Waals surface area contributed by atoms with Gasteiger partial charge < -0.3 is 9.47 Å². The highest BCUT2D eigenvalue weighted by atomic mass is 16.7. The van der Waals surface area contributed by atoms with Gasteiger partial charge in [0.1, 0.15) is 5.78 Å². The Hall–Kier alpha value is -0.410. The third kappa shape index (κ3) is 5.77. The summed E-state index contributed by atoms with van der Waals surface area (Å²) in [6, 6.07) is 0. The first-order valence-corrected chi connectivity index (χ1v) is 4.43. The molecule has 0 unspecified atom stereocenters. The molecule has 0 aromatic rings. The highest BCUT2D eigenvalue weighted by molar-refractivity contribution is 5.76. The molecule has 0 atom stereocenters. The Kier molecular flexibility index (Phi) is 4.07. The van der Waals surface area contributed by atoms with Crippen molar-refractivity contribution in [3.05, 3.63) is 0 Å². The van der Waals surface area contributed by atoms with Gasteiger partial charge in [0.15, 0.2) is 5.79 Å². The van der Waals surface area contributed by atoms with Crippen molar-refractivity contribution in [3.63, 3.8) is 0 Å². The lowest BCUT2D eigenvalue weighted by Crippen LogP contribution is -2.39. The summed E-state index contributed by atoms with van der Waals surface area (Å²) < 4.78 is 10.8. The molecule has 0 spiro atoms. The van der Waals surface area contributed by atoms with Gasteiger partial charge in [-0.1, -0.05) is 0 Å². The van der Waals surface area contributed by atoms with Crippen molar-refractivity contribution < 1.29 is 14.3 Å². The molecule has 0 fully saturated rings. The number of methoxy groups -OCH3 is 1. The highest BCUT2D eigenvalue weighted by Crippen LogP contribution is 2.23. The van der Waals surface area contributed by atoms with Crippen LogP contribution in [0.25, 0.3) is 0 Å². The zero-order valence-electron chi connectivity index (χ0n) is 9.43. The lowest BCUT2D eigenvalue weighted by atomic mass is 10.0. The maximum absolute atomic E-state index is 10.9. The molecule has 3 heteroatoms. The lowest BCUT2D eigenvalue weighted by Gasteiger charge is -2.34. The van der Waals surface area contributed by atoms with E-state index in [4.69, 9.17) is 9.47 Å². The minimum atomic E-state index is -0.640. The summed E-state index contributed by atoms with van der Waals surface area (Å²) >= 11 is 0. The number of Topliss-reactive ketones (excluding diaryl/α,β-unsaturated/α-hetero) is 1. The fourth-order valence-electron chi connectivity index (χ4n) is 1.34. The molecule has 0 rings (SSSR count). The van der Waals surface area contributed by atoms with Crippen LogP contribution < -0.4 is 0 Å². The van der Waals surface area contributed by atoms with Gasteiger partial charge in [0.25, 0.3) is 0 Å². The van der Waals surface area contributed by atoms with Gasteiger partial charge in [0.2, 0.25) is 0 Å². The number of ketones is 1.